The lowest BCUT2D eigenvalue weighted by molar-refractivity contribution is -0.137. The van der Waals surface area contributed by atoms with Gasteiger partial charge in [-0.25, -0.2) is 4.79 Å². The largest absolute Gasteiger partial charge is 0.463 e. The van der Waals surface area contributed by atoms with Gasteiger partial charge in [0.2, 0.25) is 0 Å². The summed E-state index contributed by atoms with van der Waals surface area (Å²) in [5, 5.41) is 0. The molecule has 1 aliphatic rings. The van der Waals surface area contributed by atoms with Gasteiger partial charge in [0.25, 0.3) is 0 Å². The first-order chi connectivity index (χ1) is 5.83. The number of hydrogen-bond donors (Lipinski definition) is 0. The number of rotatable bonds is 3. The molecule has 0 aromatic heterocycles. The molecule has 0 unspecified atom stereocenters. The van der Waals surface area contributed by atoms with Crippen LogP contribution in [0.15, 0.2) is 41.7 Å². The Labute approximate surface area is 71.5 Å². The monoisotopic (exact) mass is 162 g/mol. The number of esters is 1. The van der Waals surface area contributed by atoms with E-state index in [1.54, 1.807) is 19.1 Å². The van der Waals surface area contributed by atoms with E-state index in [0.29, 0.717) is 6.61 Å². The van der Waals surface area contributed by atoms with Gasteiger partial charge in [-0.2, -0.15) is 0 Å². The molecule has 2 heteroatoms. The van der Waals surface area contributed by atoms with Gasteiger partial charge >= 0.3 is 5.97 Å². The van der Waals surface area contributed by atoms with Crippen LogP contribution >= 0.6 is 0 Å². The zero-order valence-electron chi connectivity index (χ0n) is 6.91. The van der Waals surface area contributed by atoms with E-state index >= 15 is 0 Å². The van der Waals surface area contributed by atoms with Crippen LogP contribution in [-0.2, 0) is 9.53 Å². The molecule has 0 heterocycles. The Balaban J connectivity index is 2.45. The van der Waals surface area contributed by atoms with Crippen LogP contribution < -0.4 is 0 Å². The summed E-state index contributed by atoms with van der Waals surface area (Å²) in [4.78, 5) is 10.8. The first-order valence-corrected chi connectivity index (χ1v) is 3.81. The first-order valence-electron chi connectivity index (χ1n) is 3.81. The summed E-state index contributed by atoms with van der Waals surface area (Å²) in [6.45, 7) is 2.19. The van der Waals surface area contributed by atoms with Gasteiger partial charge in [0, 0.05) is 11.6 Å². The Bertz CT molecular complexity index is 289. The van der Waals surface area contributed by atoms with Crippen LogP contribution in [0.25, 0.3) is 0 Å². The van der Waals surface area contributed by atoms with Crippen LogP contribution in [0.1, 0.15) is 6.92 Å². The summed E-state index contributed by atoms with van der Waals surface area (Å²) in [5.41, 5.74) is 3.83. The highest BCUT2D eigenvalue weighted by Gasteiger charge is 1.93. The molecule has 0 fully saturated rings. The van der Waals surface area contributed by atoms with Gasteiger partial charge in [0.05, 0.1) is 6.61 Å². The van der Waals surface area contributed by atoms with Gasteiger partial charge in [-0.05, 0) is 25.2 Å². The fourth-order valence-corrected chi connectivity index (χ4v) is 0.796. The molecule has 0 saturated heterocycles. The summed E-state index contributed by atoms with van der Waals surface area (Å²) in [7, 11) is 0. The van der Waals surface area contributed by atoms with Crippen molar-refractivity contribution in [1.29, 1.82) is 0 Å². The molecule has 0 amide bonds. The lowest BCUT2D eigenvalue weighted by Gasteiger charge is -1.93. The van der Waals surface area contributed by atoms with Crippen molar-refractivity contribution in [3.63, 3.8) is 0 Å². The maximum absolute atomic E-state index is 10.8. The van der Waals surface area contributed by atoms with E-state index in [1.807, 2.05) is 12.2 Å². The predicted octanol–water partition coefficient (Wildman–Crippen LogP) is 1.76. The number of carbonyl (C=O) groups excluding carboxylic acids is 1. The fourth-order valence-electron chi connectivity index (χ4n) is 0.796. The normalized spacial score (nSPS) is 13.9. The molecule has 0 radical (unpaired) electrons. The average molecular weight is 162 g/mol. The molecule has 2 nitrogen and oxygen atoms in total. The highest BCUT2D eigenvalue weighted by Crippen LogP contribution is 2.02. The standard InChI is InChI=1S/C10H10O2/c1-2-12-10(11)8-7-9-5-3-4-6-9/h3-5,7-8H,2H2,1H3/b8-7+. The van der Waals surface area contributed by atoms with E-state index in [2.05, 4.69) is 5.73 Å². The third-order valence-electron chi connectivity index (χ3n) is 1.31. The molecule has 62 valence electrons. The minimum absolute atomic E-state index is 0.313. The molecule has 0 spiro atoms. The van der Waals surface area contributed by atoms with Crippen LogP contribution in [0.3, 0.4) is 0 Å². The van der Waals surface area contributed by atoms with Gasteiger partial charge in [-0.1, -0.05) is 6.08 Å². The zero-order chi connectivity index (χ0) is 8.81. The van der Waals surface area contributed by atoms with Gasteiger partial charge in [0.15, 0.2) is 0 Å². The summed E-state index contributed by atoms with van der Waals surface area (Å²) in [6.07, 6.45) is 8.61. The Hall–Kier alpha value is -1.53. The van der Waals surface area contributed by atoms with Crippen molar-refractivity contribution in [3.05, 3.63) is 41.7 Å². The number of allylic oxidation sites excluding steroid dienone is 4. The molecule has 0 N–H and O–H groups in total. The number of carbonyl (C=O) groups is 1. The molecule has 0 aromatic carbocycles. The quantitative estimate of drug-likeness (QED) is 0.359. The maximum atomic E-state index is 10.8. The topological polar surface area (TPSA) is 26.3 Å². The molecule has 1 rings (SSSR count). The minimum atomic E-state index is -0.313. The first kappa shape index (κ1) is 8.57. The smallest absolute Gasteiger partial charge is 0.330 e. The Morgan fingerprint density at radius 1 is 1.75 bits per heavy atom. The number of ether oxygens (including phenoxy) is 1. The second-order valence-electron chi connectivity index (χ2n) is 2.21. The second kappa shape index (κ2) is 4.37. The minimum Gasteiger partial charge on any atom is -0.463 e. The molecular formula is C10H10O2. The van der Waals surface area contributed by atoms with Crippen molar-refractivity contribution in [2.75, 3.05) is 6.61 Å². The van der Waals surface area contributed by atoms with Crippen LogP contribution in [0.2, 0.25) is 0 Å². The molecule has 1 aliphatic carbocycles. The van der Waals surface area contributed by atoms with Crippen LogP contribution in [0.5, 0.6) is 0 Å². The fraction of sp³-hybridized carbons (Fsp3) is 0.200. The van der Waals surface area contributed by atoms with Crippen molar-refractivity contribution < 1.29 is 9.53 Å². The van der Waals surface area contributed by atoms with Crippen molar-refractivity contribution in [2.24, 2.45) is 0 Å². The van der Waals surface area contributed by atoms with Gasteiger partial charge in [0.1, 0.15) is 0 Å². The molecule has 0 saturated carbocycles. The third-order valence-corrected chi connectivity index (χ3v) is 1.31. The van der Waals surface area contributed by atoms with Crippen LogP contribution in [-0.4, -0.2) is 12.6 Å². The second-order valence-corrected chi connectivity index (χ2v) is 2.21. The highest BCUT2D eigenvalue weighted by atomic mass is 16.5. The van der Waals surface area contributed by atoms with Gasteiger partial charge < -0.3 is 4.74 Å². The van der Waals surface area contributed by atoms with E-state index in [4.69, 9.17) is 4.74 Å². The van der Waals surface area contributed by atoms with Crippen molar-refractivity contribution in [2.45, 2.75) is 6.92 Å². The highest BCUT2D eigenvalue weighted by molar-refractivity contribution is 5.82. The lowest BCUT2D eigenvalue weighted by Crippen LogP contribution is -1.98. The maximum Gasteiger partial charge on any atom is 0.330 e. The molecule has 0 aromatic rings. The lowest BCUT2D eigenvalue weighted by atomic mass is 10.3. The molecular weight excluding hydrogens is 152 g/mol. The SMILES string of the molecule is CCOC(=O)/C=C/C1=C=CC=C1. The Kier molecular flexibility index (Phi) is 3.12. The van der Waals surface area contributed by atoms with Crippen LogP contribution in [0, 0.1) is 0 Å². The van der Waals surface area contributed by atoms with Crippen molar-refractivity contribution in [3.8, 4) is 0 Å². The summed E-state index contributed by atoms with van der Waals surface area (Å²) in [5.74, 6) is -0.313. The molecule has 0 atom stereocenters. The van der Waals surface area contributed by atoms with Gasteiger partial charge in [-0.3, -0.25) is 0 Å². The van der Waals surface area contributed by atoms with Crippen molar-refractivity contribution in [1.82, 2.24) is 0 Å². The summed E-state index contributed by atoms with van der Waals surface area (Å²) in [6, 6.07) is 0. The Morgan fingerprint density at radius 2 is 2.58 bits per heavy atom. The van der Waals surface area contributed by atoms with E-state index in [-0.39, 0.29) is 5.97 Å². The summed E-state index contributed by atoms with van der Waals surface area (Å²) < 4.78 is 4.70. The molecule has 0 bridgehead atoms. The van der Waals surface area contributed by atoms with Crippen LogP contribution in [0.4, 0.5) is 0 Å². The Morgan fingerprint density at radius 3 is 3.17 bits per heavy atom. The third kappa shape index (κ3) is 2.60. The van der Waals surface area contributed by atoms with E-state index in [1.165, 1.54) is 6.08 Å². The molecule has 0 aliphatic heterocycles. The number of hydrogen-bond acceptors (Lipinski definition) is 2. The average Bonchev–Trinajstić information content (AvgIpc) is 2.53. The van der Waals surface area contributed by atoms with E-state index in [9.17, 15) is 4.79 Å². The summed E-state index contributed by atoms with van der Waals surface area (Å²) >= 11 is 0. The predicted molar refractivity (Wildman–Crippen MR) is 46.5 cm³/mol. The van der Waals surface area contributed by atoms with Gasteiger partial charge in [-0.15, -0.1) is 5.73 Å². The van der Waals surface area contributed by atoms with Crippen molar-refractivity contribution >= 4 is 5.97 Å². The van der Waals surface area contributed by atoms with E-state index < -0.39 is 0 Å². The zero-order valence-corrected chi connectivity index (χ0v) is 6.91. The molecule has 12 heavy (non-hydrogen) atoms. The van der Waals surface area contributed by atoms with E-state index in [0.717, 1.165) is 5.57 Å².